The molecule has 1 atom stereocenters. The number of aliphatic imine (C=N–C) groups is 1. The molecule has 7 heteroatoms. The molecule has 3 aromatic carbocycles. The summed E-state index contributed by atoms with van der Waals surface area (Å²) < 4.78 is 11.2. The molecule has 0 saturated carbocycles. The Hall–Kier alpha value is -3.32. The zero-order valence-corrected chi connectivity index (χ0v) is 21.5. The molecule has 6 nitrogen and oxygen atoms in total. The zero-order valence-electron chi connectivity index (χ0n) is 19.9. The van der Waals surface area contributed by atoms with Crippen molar-refractivity contribution < 1.29 is 19.4 Å². The number of benzene rings is 3. The Kier molecular flexibility index (Phi) is 7.99. The first-order valence-corrected chi connectivity index (χ1v) is 12.0. The van der Waals surface area contributed by atoms with E-state index in [2.05, 4.69) is 21.2 Å². The molecular weight excluding hydrogens is 496 g/mol. The lowest BCUT2D eigenvalue weighted by atomic mass is 9.77. The normalized spacial score (nSPS) is 16.1. The number of methoxy groups -OCH3 is 1. The Balaban J connectivity index is 0.00000158. The lowest BCUT2D eigenvalue weighted by Crippen LogP contribution is -2.32. The average molecular weight is 525 g/mol. The molecule has 1 amide bonds. The Bertz CT molecular complexity index is 1190. The van der Waals surface area contributed by atoms with Gasteiger partial charge in [-0.15, -0.1) is 0 Å². The molecule has 3 aromatic rings. The fraction of sp³-hybridized carbons (Fsp3) is 0.259. The first-order chi connectivity index (χ1) is 16.3. The number of rotatable bonds is 4. The van der Waals surface area contributed by atoms with E-state index in [1.807, 2.05) is 74.5 Å². The second-order valence-electron chi connectivity index (χ2n) is 7.69. The van der Waals surface area contributed by atoms with E-state index < -0.39 is 11.6 Å². The summed E-state index contributed by atoms with van der Waals surface area (Å²) in [5.74, 6) is 1.28. The van der Waals surface area contributed by atoms with Crippen LogP contribution in [-0.4, -0.2) is 30.2 Å². The number of aromatic hydroxyl groups is 1. The van der Waals surface area contributed by atoms with Crippen LogP contribution in [0.2, 0.25) is 0 Å². The summed E-state index contributed by atoms with van der Waals surface area (Å²) in [6.07, 6.45) is -0.822. The van der Waals surface area contributed by atoms with Crippen molar-refractivity contribution in [3.05, 3.63) is 93.5 Å². The molecule has 0 aromatic heterocycles. The zero-order chi connectivity index (χ0) is 24.9. The molecule has 178 valence electrons. The van der Waals surface area contributed by atoms with Gasteiger partial charge in [-0.25, -0.2) is 9.79 Å². The van der Waals surface area contributed by atoms with Crippen LogP contribution in [0.25, 0.3) is 0 Å². The number of nitrogens with zero attached hydrogens (tertiary/aromatic N) is 1. The number of fused-ring (bicyclic) bond motifs is 1. The highest BCUT2D eigenvalue weighted by Crippen LogP contribution is 2.47. The van der Waals surface area contributed by atoms with Crippen molar-refractivity contribution >= 4 is 27.9 Å². The number of alkyl carbamates (subject to hydrolysis) is 1. The minimum Gasteiger partial charge on any atom is -0.507 e. The Morgan fingerprint density at radius 2 is 1.68 bits per heavy atom. The number of nitrogens with one attached hydrogen (secondary N) is 1. The molecule has 4 rings (SSSR count). The van der Waals surface area contributed by atoms with Crippen LogP contribution in [0.3, 0.4) is 0 Å². The quantitative estimate of drug-likeness (QED) is 0.415. The van der Waals surface area contributed by atoms with Crippen molar-refractivity contribution in [2.75, 3.05) is 7.11 Å². The van der Waals surface area contributed by atoms with E-state index in [9.17, 15) is 9.90 Å². The third-order valence-electron chi connectivity index (χ3n) is 5.29. The van der Waals surface area contributed by atoms with Crippen LogP contribution >= 0.6 is 15.9 Å². The van der Waals surface area contributed by atoms with Gasteiger partial charge in [-0.2, -0.15) is 0 Å². The molecule has 1 aliphatic rings. The summed E-state index contributed by atoms with van der Waals surface area (Å²) >= 11 is 3.43. The van der Waals surface area contributed by atoms with Crippen molar-refractivity contribution in [1.29, 1.82) is 0 Å². The van der Waals surface area contributed by atoms with Gasteiger partial charge in [0, 0.05) is 5.56 Å². The number of phenols is 1. The molecule has 0 spiro atoms. The van der Waals surface area contributed by atoms with Crippen LogP contribution in [0, 0.1) is 0 Å². The molecule has 1 heterocycles. The predicted molar refractivity (Wildman–Crippen MR) is 138 cm³/mol. The second-order valence-corrected chi connectivity index (χ2v) is 8.54. The van der Waals surface area contributed by atoms with Crippen LogP contribution in [0.5, 0.6) is 11.5 Å². The van der Waals surface area contributed by atoms with Crippen LogP contribution in [0.15, 0.2) is 76.2 Å². The number of hydrogen-bond donors (Lipinski definition) is 2. The number of carbonyl (C=O) groups is 1. The Morgan fingerprint density at radius 3 is 2.29 bits per heavy atom. The third kappa shape index (κ3) is 4.80. The van der Waals surface area contributed by atoms with Crippen molar-refractivity contribution in [2.45, 2.75) is 39.3 Å². The van der Waals surface area contributed by atoms with Gasteiger partial charge in [-0.05, 0) is 70.7 Å². The van der Waals surface area contributed by atoms with Crippen molar-refractivity contribution in [3.63, 3.8) is 0 Å². The Labute approximate surface area is 208 Å². The van der Waals surface area contributed by atoms with Gasteiger partial charge in [0.1, 0.15) is 22.9 Å². The molecule has 0 aliphatic carbocycles. The number of ether oxygens (including phenoxy) is 2. The lowest BCUT2D eigenvalue weighted by Gasteiger charge is -2.29. The topological polar surface area (TPSA) is 80.2 Å². The van der Waals surface area contributed by atoms with Gasteiger partial charge in [0.25, 0.3) is 0 Å². The predicted octanol–water partition coefficient (Wildman–Crippen LogP) is 6.38. The molecular formula is C27H29BrN2O4. The fourth-order valence-corrected chi connectivity index (χ4v) is 4.28. The number of amides is 1. The van der Waals surface area contributed by atoms with Crippen LogP contribution in [-0.2, 0) is 10.3 Å². The van der Waals surface area contributed by atoms with E-state index in [4.69, 9.17) is 14.5 Å². The molecule has 1 unspecified atom stereocenters. The molecule has 0 radical (unpaired) electrons. The largest absolute Gasteiger partial charge is 0.507 e. The molecule has 2 N–H and O–H groups in total. The maximum absolute atomic E-state index is 12.4. The van der Waals surface area contributed by atoms with E-state index >= 15 is 0 Å². The van der Waals surface area contributed by atoms with Crippen molar-refractivity contribution in [3.8, 4) is 11.5 Å². The number of carbonyl (C=O) groups excluding carboxylic acids is 1. The maximum atomic E-state index is 12.4. The number of phenolic OH excluding ortho intramolecular Hbond substituents is 1. The third-order valence-corrected chi connectivity index (χ3v) is 5.92. The van der Waals surface area contributed by atoms with E-state index in [1.54, 1.807) is 27.0 Å². The highest BCUT2D eigenvalue weighted by molar-refractivity contribution is 9.10. The van der Waals surface area contributed by atoms with Gasteiger partial charge >= 0.3 is 6.09 Å². The summed E-state index contributed by atoms with van der Waals surface area (Å²) in [6, 6.07) is 20.7. The van der Waals surface area contributed by atoms with E-state index in [0.29, 0.717) is 10.3 Å². The summed E-state index contributed by atoms with van der Waals surface area (Å²) in [7, 11) is 1.62. The second kappa shape index (κ2) is 10.7. The van der Waals surface area contributed by atoms with Gasteiger partial charge in [-0.1, -0.05) is 56.3 Å². The maximum Gasteiger partial charge on any atom is 0.413 e. The Morgan fingerprint density at radius 1 is 1.03 bits per heavy atom. The molecule has 1 aliphatic heterocycles. The van der Waals surface area contributed by atoms with Gasteiger partial charge in [-0.3, -0.25) is 5.32 Å². The van der Waals surface area contributed by atoms with E-state index in [1.165, 1.54) is 0 Å². The van der Waals surface area contributed by atoms with Gasteiger partial charge < -0.3 is 14.6 Å². The monoisotopic (exact) mass is 524 g/mol. The number of amidine groups is 1. The number of halogens is 1. The van der Waals surface area contributed by atoms with Crippen LogP contribution in [0.4, 0.5) is 4.79 Å². The molecule has 0 bridgehead atoms. The van der Waals surface area contributed by atoms with E-state index in [0.717, 1.165) is 28.0 Å². The van der Waals surface area contributed by atoms with Crippen molar-refractivity contribution in [1.82, 2.24) is 5.32 Å². The van der Waals surface area contributed by atoms with Crippen LogP contribution < -0.4 is 10.1 Å². The summed E-state index contributed by atoms with van der Waals surface area (Å²) in [5, 5.41) is 12.9. The number of hydrogen-bond acceptors (Lipinski definition) is 5. The molecule has 0 saturated heterocycles. The SMILES string of the molecule is CC.COc1ccc(C2(c3ccc(O)c(Br)c3)N=C(NC(=O)OC(C)C)c3ccccc32)cc1. The molecule has 34 heavy (non-hydrogen) atoms. The fourth-order valence-electron chi connectivity index (χ4n) is 3.90. The minimum atomic E-state index is -0.945. The minimum absolute atomic E-state index is 0.132. The smallest absolute Gasteiger partial charge is 0.413 e. The lowest BCUT2D eigenvalue weighted by molar-refractivity contribution is 0.120. The summed E-state index contributed by atoms with van der Waals surface area (Å²) in [5.41, 5.74) is 2.47. The van der Waals surface area contributed by atoms with Crippen molar-refractivity contribution in [2.24, 2.45) is 4.99 Å². The average Bonchev–Trinajstić information content (AvgIpc) is 3.16. The van der Waals surface area contributed by atoms with E-state index in [-0.39, 0.29) is 11.9 Å². The van der Waals surface area contributed by atoms with Crippen LogP contribution in [0.1, 0.15) is 49.9 Å². The van der Waals surface area contributed by atoms with Gasteiger partial charge in [0.05, 0.1) is 17.7 Å². The summed E-state index contributed by atoms with van der Waals surface area (Å²) in [4.78, 5) is 17.5. The van der Waals surface area contributed by atoms with Gasteiger partial charge in [0.15, 0.2) is 0 Å². The molecule has 0 fully saturated rings. The van der Waals surface area contributed by atoms with Gasteiger partial charge in [0.2, 0.25) is 0 Å². The summed E-state index contributed by atoms with van der Waals surface area (Å²) in [6.45, 7) is 7.58. The first-order valence-electron chi connectivity index (χ1n) is 11.2. The standard InChI is InChI=1S/C25H23BrN2O4.C2H6/c1-15(2)32-24(30)27-23-19-6-4-5-7-20(19)25(28-23,16-8-11-18(31-3)12-9-16)17-10-13-22(29)21(26)14-17;1-2/h4-15,29H,1-3H3,(H,27,28,30);1-2H3. The highest BCUT2D eigenvalue weighted by atomic mass is 79.9. The first kappa shape index (κ1) is 25.3. The highest BCUT2D eigenvalue weighted by Gasteiger charge is 2.44.